The first-order chi connectivity index (χ1) is 13.5. The van der Waals surface area contributed by atoms with Gasteiger partial charge in [0, 0.05) is 13.1 Å². The van der Waals surface area contributed by atoms with Crippen molar-refractivity contribution in [2.75, 3.05) is 25.0 Å². The number of benzene rings is 1. The summed E-state index contributed by atoms with van der Waals surface area (Å²) in [6.45, 7) is 3.12. The fourth-order valence-electron chi connectivity index (χ4n) is 3.65. The molecule has 0 aliphatic carbocycles. The first kappa shape index (κ1) is 18.7. The number of anilines is 1. The highest BCUT2D eigenvalue weighted by Gasteiger charge is 2.44. The average molecular weight is 386 g/mol. The average Bonchev–Trinajstić information content (AvgIpc) is 3.18. The summed E-state index contributed by atoms with van der Waals surface area (Å²) in [5, 5.41) is 10.2. The molecule has 0 saturated carbocycles. The van der Waals surface area contributed by atoms with Crippen LogP contribution in [0.2, 0.25) is 0 Å². The minimum atomic E-state index is -2.84. The number of likely N-dealkylation sites (tertiary alicyclic amines) is 1. The van der Waals surface area contributed by atoms with Crippen molar-refractivity contribution in [3.05, 3.63) is 47.9 Å². The fourth-order valence-corrected chi connectivity index (χ4v) is 3.65. The molecule has 0 spiro atoms. The zero-order valence-electron chi connectivity index (χ0n) is 15.8. The maximum absolute atomic E-state index is 14.8. The number of fused-ring (bicyclic) bond motifs is 1. The van der Waals surface area contributed by atoms with Gasteiger partial charge in [0.2, 0.25) is 0 Å². The normalized spacial score (nSPS) is 19.8. The summed E-state index contributed by atoms with van der Waals surface area (Å²) in [5.41, 5.74) is 3.01. The number of aromatic nitrogens is 4. The van der Waals surface area contributed by atoms with Gasteiger partial charge in [-0.1, -0.05) is 31.2 Å². The Hall–Kier alpha value is -2.61. The van der Waals surface area contributed by atoms with Gasteiger partial charge in [-0.3, -0.25) is 10.00 Å². The predicted molar refractivity (Wildman–Crippen MR) is 105 cm³/mol. The van der Waals surface area contributed by atoms with Crippen LogP contribution < -0.4 is 5.32 Å². The highest BCUT2D eigenvalue weighted by Crippen LogP contribution is 2.31. The number of nitrogens with one attached hydrogen (secondary N) is 2. The van der Waals surface area contributed by atoms with E-state index in [9.17, 15) is 8.78 Å². The van der Waals surface area contributed by atoms with Crippen LogP contribution in [-0.4, -0.2) is 56.7 Å². The topological polar surface area (TPSA) is 69.7 Å². The number of rotatable bonds is 6. The molecule has 28 heavy (non-hydrogen) atoms. The van der Waals surface area contributed by atoms with Crippen molar-refractivity contribution in [3.63, 3.8) is 0 Å². The highest BCUT2D eigenvalue weighted by molar-refractivity contribution is 5.85. The van der Waals surface area contributed by atoms with E-state index in [0.29, 0.717) is 36.4 Å². The van der Waals surface area contributed by atoms with E-state index in [4.69, 9.17) is 0 Å². The Morgan fingerprint density at radius 1 is 1.21 bits per heavy atom. The van der Waals surface area contributed by atoms with Crippen molar-refractivity contribution in [2.45, 2.75) is 38.2 Å². The number of halogens is 2. The number of H-pyrrole nitrogens is 1. The van der Waals surface area contributed by atoms with E-state index in [0.717, 1.165) is 12.8 Å². The summed E-state index contributed by atoms with van der Waals surface area (Å²) in [6, 6.07) is 7.45. The van der Waals surface area contributed by atoms with E-state index in [2.05, 4.69) is 56.7 Å². The molecule has 6 nitrogen and oxygen atoms in total. The number of hydrogen-bond acceptors (Lipinski definition) is 5. The molecular weight excluding hydrogens is 362 g/mol. The van der Waals surface area contributed by atoms with Crippen molar-refractivity contribution in [3.8, 4) is 0 Å². The van der Waals surface area contributed by atoms with Crippen LogP contribution in [-0.2, 0) is 12.8 Å². The molecule has 0 radical (unpaired) electrons. The Morgan fingerprint density at radius 2 is 2.00 bits per heavy atom. The zero-order chi connectivity index (χ0) is 19.6. The molecule has 1 unspecified atom stereocenters. The Morgan fingerprint density at radius 3 is 2.75 bits per heavy atom. The molecule has 1 atom stereocenters. The SMILES string of the molecule is CCc1ccc(CCN2CCC(Nc3ncnc4[nH]ncc34)C(F)(F)C2)cc1. The molecule has 0 amide bonds. The molecule has 1 aliphatic heterocycles. The van der Waals surface area contributed by atoms with E-state index in [1.54, 1.807) is 6.20 Å². The highest BCUT2D eigenvalue weighted by atomic mass is 19.3. The largest absolute Gasteiger partial charge is 0.360 e. The van der Waals surface area contributed by atoms with Gasteiger partial charge in [0.25, 0.3) is 5.92 Å². The van der Waals surface area contributed by atoms with E-state index in [1.807, 2.05) is 4.90 Å². The van der Waals surface area contributed by atoms with Gasteiger partial charge in [-0.15, -0.1) is 0 Å². The van der Waals surface area contributed by atoms with Crippen LogP contribution in [0.1, 0.15) is 24.5 Å². The van der Waals surface area contributed by atoms with E-state index in [-0.39, 0.29) is 6.54 Å². The lowest BCUT2D eigenvalue weighted by Gasteiger charge is -2.38. The third-order valence-electron chi connectivity index (χ3n) is 5.39. The van der Waals surface area contributed by atoms with Crippen molar-refractivity contribution in [1.29, 1.82) is 0 Å². The van der Waals surface area contributed by atoms with Gasteiger partial charge in [0.15, 0.2) is 5.65 Å². The Labute approximate surface area is 162 Å². The Kier molecular flexibility index (Phi) is 5.21. The summed E-state index contributed by atoms with van der Waals surface area (Å²) in [6.07, 6.45) is 5.03. The van der Waals surface area contributed by atoms with E-state index >= 15 is 0 Å². The summed E-state index contributed by atoms with van der Waals surface area (Å²) >= 11 is 0. The second kappa shape index (κ2) is 7.79. The lowest BCUT2D eigenvalue weighted by Crippen LogP contribution is -2.54. The molecule has 1 saturated heterocycles. The summed E-state index contributed by atoms with van der Waals surface area (Å²) in [4.78, 5) is 10.0. The van der Waals surface area contributed by atoms with Crippen LogP contribution >= 0.6 is 0 Å². The van der Waals surface area contributed by atoms with Gasteiger partial charge in [0.05, 0.1) is 24.2 Å². The molecule has 148 valence electrons. The fraction of sp³-hybridized carbons (Fsp3) is 0.450. The first-order valence-electron chi connectivity index (χ1n) is 9.64. The number of nitrogens with zero attached hydrogens (tertiary/aromatic N) is 4. The van der Waals surface area contributed by atoms with Crippen molar-refractivity contribution in [2.24, 2.45) is 0 Å². The quantitative estimate of drug-likeness (QED) is 0.680. The van der Waals surface area contributed by atoms with Crippen LogP contribution in [0.4, 0.5) is 14.6 Å². The molecule has 0 bridgehead atoms. The molecule has 8 heteroatoms. The van der Waals surface area contributed by atoms with Crippen LogP contribution in [0.5, 0.6) is 0 Å². The standard InChI is InChI=1S/C20H24F2N6/c1-2-14-3-5-15(6-4-14)7-9-28-10-8-17(20(21,22)12-28)26-18-16-11-25-27-19(16)24-13-23-18/h3-6,11,13,17H,2,7-10,12H2,1H3,(H2,23,24,25,26,27). The third-order valence-corrected chi connectivity index (χ3v) is 5.39. The van der Waals surface area contributed by atoms with Crippen molar-refractivity contribution in [1.82, 2.24) is 25.1 Å². The molecule has 4 rings (SSSR count). The number of alkyl halides is 2. The second-order valence-electron chi connectivity index (χ2n) is 7.30. The lowest BCUT2D eigenvalue weighted by molar-refractivity contribution is -0.0734. The smallest absolute Gasteiger partial charge is 0.280 e. The van der Waals surface area contributed by atoms with Crippen LogP contribution in [0, 0.1) is 0 Å². The van der Waals surface area contributed by atoms with Gasteiger partial charge in [-0.2, -0.15) is 5.10 Å². The molecule has 2 aromatic heterocycles. The Bertz CT molecular complexity index is 924. The molecule has 1 aliphatic rings. The summed E-state index contributed by atoms with van der Waals surface area (Å²) < 4.78 is 29.6. The Balaban J connectivity index is 1.36. The molecular formula is C20H24F2N6. The molecule has 2 N–H and O–H groups in total. The van der Waals surface area contributed by atoms with Crippen LogP contribution in [0.15, 0.2) is 36.8 Å². The number of aryl methyl sites for hydroxylation is 1. The van der Waals surface area contributed by atoms with Gasteiger partial charge >= 0.3 is 0 Å². The van der Waals surface area contributed by atoms with Crippen molar-refractivity contribution >= 4 is 16.9 Å². The molecule has 3 heterocycles. The number of piperidine rings is 1. The maximum atomic E-state index is 14.8. The predicted octanol–water partition coefficient (Wildman–Crippen LogP) is 3.28. The zero-order valence-corrected chi connectivity index (χ0v) is 15.8. The minimum absolute atomic E-state index is 0.253. The van der Waals surface area contributed by atoms with Gasteiger partial charge < -0.3 is 5.32 Å². The van der Waals surface area contributed by atoms with Gasteiger partial charge in [-0.05, 0) is 30.4 Å². The first-order valence-corrected chi connectivity index (χ1v) is 9.64. The number of aromatic amines is 1. The van der Waals surface area contributed by atoms with Crippen LogP contribution in [0.25, 0.3) is 11.0 Å². The summed E-state index contributed by atoms with van der Waals surface area (Å²) in [5.74, 6) is -2.45. The molecule has 1 fully saturated rings. The molecule has 3 aromatic rings. The van der Waals surface area contributed by atoms with Crippen molar-refractivity contribution < 1.29 is 8.78 Å². The second-order valence-corrected chi connectivity index (χ2v) is 7.30. The van der Waals surface area contributed by atoms with E-state index < -0.39 is 12.0 Å². The van der Waals surface area contributed by atoms with Gasteiger partial charge in [0.1, 0.15) is 12.1 Å². The number of hydrogen-bond donors (Lipinski definition) is 2. The minimum Gasteiger partial charge on any atom is -0.360 e. The summed E-state index contributed by atoms with van der Waals surface area (Å²) in [7, 11) is 0. The molecule has 1 aromatic carbocycles. The maximum Gasteiger partial charge on any atom is 0.280 e. The third kappa shape index (κ3) is 3.96. The van der Waals surface area contributed by atoms with E-state index in [1.165, 1.54) is 17.5 Å². The van der Waals surface area contributed by atoms with Gasteiger partial charge in [-0.25, -0.2) is 18.7 Å². The lowest BCUT2D eigenvalue weighted by atomic mass is 9.99. The monoisotopic (exact) mass is 386 g/mol. The van der Waals surface area contributed by atoms with Crippen LogP contribution in [0.3, 0.4) is 0 Å².